The van der Waals surface area contributed by atoms with Crippen LogP contribution in [0.25, 0.3) is 0 Å². The second kappa shape index (κ2) is 6.37. The average Bonchev–Trinajstić information content (AvgIpc) is 2.45. The molecule has 108 valence electrons. The number of rotatable bonds is 3. The van der Waals surface area contributed by atoms with E-state index in [-0.39, 0.29) is 17.0 Å². The topological polar surface area (TPSA) is 71.1 Å². The molecule has 1 aromatic heterocycles. The number of aromatic nitrogens is 1. The van der Waals surface area contributed by atoms with E-state index in [0.29, 0.717) is 22.5 Å². The zero-order valence-electron chi connectivity index (χ0n) is 11.6. The Hall–Kier alpha value is -2.40. The van der Waals surface area contributed by atoms with Crippen molar-refractivity contribution >= 4 is 29.1 Å². The Bertz CT molecular complexity index is 681. The number of benzene rings is 1. The van der Waals surface area contributed by atoms with Crippen LogP contribution in [-0.2, 0) is 0 Å². The van der Waals surface area contributed by atoms with Gasteiger partial charge in [0.15, 0.2) is 0 Å². The fraction of sp³-hybridized carbons (Fsp3) is 0.133. The van der Waals surface area contributed by atoms with Gasteiger partial charge >= 0.3 is 0 Å². The van der Waals surface area contributed by atoms with E-state index >= 15 is 0 Å². The zero-order valence-corrected chi connectivity index (χ0v) is 12.4. The Kier molecular flexibility index (Phi) is 4.55. The second-order valence-electron chi connectivity index (χ2n) is 4.43. The lowest BCUT2D eigenvalue weighted by Crippen LogP contribution is -2.18. The van der Waals surface area contributed by atoms with E-state index in [1.807, 2.05) is 0 Å². The normalized spacial score (nSPS) is 10.0. The summed E-state index contributed by atoms with van der Waals surface area (Å²) in [5.41, 5.74) is 2.08. The lowest BCUT2D eigenvalue weighted by atomic mass is 10.1. The van der Waals surface area contributed by atoms with Gasteiger partial charge in [0.25, 0.3) is 11.8 Å². The third-order valence-corrected chi connectivity index (χ3v) is 2.99. The quantitative estimate of drug-likeness (QED) is 0.856. The maximum Gasteiger partial charge on any atom is 0.255 e. The van der Waals surface area contributed by atoms with E-state index in [1.165, 1.54) is 6.07 Å². The van der Waals surface area contributed by atoms with Crippen LogP contribution in [0.1, 0.15) is 26.4 Å². The fourth-order valence-corrected chi connectivity index (χ4v) is 2.10. The summed E-state index contributed by atoms with van der Waals surface area (Å²) in [7, 11) is 1.55. The predicted molar refractivity (Wildman–Crippen MR) is 81.8 cm³/mol. The number of carbonyl (C=O) groups is 2. The van der Waals surface area contributed by atoms with E-state index in [0.717, 1.165) is 0 Å². The average molecular weight is 304 g/mol. The first-order valence-corrected chi connectivity index (χ1v) is 6.65. The van der Waals surface area contributed by atoms with Crippen LogP contribution < -0.4 is 10.6 Å². The molecular weight excluding hydrogens is 290 g/mol. The second-order valence-corrected chi connectivity index (χ2v) is 4.82. The van der Waals surface area contributed by atoms with Gasteiger partial charge in [-0.3, -0.25) is 9.59 Å². The third kappa shape index (κ3) is 3.79. The van der Waals surface area contributed by atoms with Crippen LogP contribution in [0.2, 0.25) is 5.15 Å². The molecule has 0 spiro atoms. The summed E-state index contributed by atoms with van der Waals surface area (Å²) < 4.78 is 0. The Labute approximate surface area is 127 Å². The molecule has 5 nitrogen and oxygen atoms in total. The van der Waals surface area contributed by atoms with Crippen LogP contribution in [0, 0.1) is 6.92 Å². The number of amides is 2. The van der Waals surface area contributed by atoms with Crippen molar-refractivity contribution in [2.45, 2.75) is 6.92 Å². The zero-order chi connectivity index (χ0) is 15.4. The van der Waals surface area contributed by atoms with Crippen molar-refractivity contribution in [1.29, 1.82) is 0 Å². The summed E-state index contributed by atoms with van der Waals surface area (Å²) in [6, 6.07) is 9.82. The highest BCUT2D eigenvalue weighted by atomic mass is 35.5. The van der Waals surface area contributed by atoms with E-state index < -0.39 is 0 Å². The van der Waals surface area contributed by atoms with Gasteiger partial charge in [-0.2, -0.15) is 0 Å². The molecule has 0 atom stereocenters. The smallest absolute Gasteiger partial charge is 0.255 e. The summed E-state index contributed by atoms with van der Waals surface area (Å²) in [6.07, 6.45) is 0. The molecule has 1 aromatic carbocycles. The molecule has 2 rings (SSSR count). The summed E-state index contributed by atoms with van der Waals surface area (Å²) in [4.78, 5) is 27.7. The Morgan fingerprint density at radius 3 is 2.52 bits per heavy atom. The molecule has 21 heavy (non-hydrogen) atoms. The maximum atomic E-state index is 12.2. The summed E-state index contributed by atoms with van der Waals surface area (Å²) in [6.45, 7) is 1.76. The number of anilines is 1. The maximum absolute atomic E-state index is 12.2. The molecule has 2 amide bonds. The van der Waals surface area contributed by atoms with Gasteiger partial charge in [-0.25, -0.2) is 4.98 Å². The third-order valence-electron chi connectivity index (χ3n) is 2.79. The molecule has 0 saturated heterocycles. The van der Waals surface area contributed by atoms with Crippen molar-refractivity contribution in [3.63, 3.8) is 0 Å². The van der Waals surface area contributed by atoms with Crippen LogP contribution in [0.4, 0.5) is 5.69 Å². The van der Waals surface area contributed by atoms with Gasteiger partial charge < -0.3 is 10.6 Å². The number of carbonyl (C=O) groups excluding carboxylic acids is 2. The highest BCUT2D eigenvalue weighted by molar-refractivity contribution is 6.29. The van der Waals surface area contributed by atoms with E-state index in [4.69, 9.17) is 11.6 Å². The van der Waals surface area contributed by atoms with Crippen LogP contribution in [0.5, 0.6) is 0 Å². The molecule has 0 aliphatic heterocycles. The van der Waals surface area contributed by atoms with Crippen molar-refractivity contribution < 1.29 is 9.59 Å². The van der Waals surface area contributed by atoms with Gasteiger partial charge in [-0.05, 0) is 37.3 Å². The van der Waals surface area contributed by atoms with Crippen LogP contribution in [0.15, 0.2) is 36.4 Å². The largest absolute Gasteiger partial charge is 0.355 e. The summed E-state index contributed by atoms with van der Waals surface area (Å²) >= 11 is 5.84. The van der Waals surface area contributed by atoms with Crippen molar-refractivity contribution in [3.8, 4) is 0 Å². The van der Waals surface area contributed by atoms with Crippen molar-refractivity contribution in [2.24, 2.45) is 0 Å². The van der Waals surface area contributed by atoms with Gasteiger partial charge in [0.1, 0.15) is 5.15 Å². The number of hydrogen-bond donors (Lipinski definition) is 2. The number of halogens is 1. The lowest BCUT2D eigenvalue weighted by Gasteiger charge is -2.08. The van der Waals surface area contributed by atoms with Gasteiger partial charge in [-0.15, -0.1) is 0 Å². The van der Waals surface area contributed by atoms with E-state index in [9.17, 15) is 9.59 Å². The minimum Gasteiger partial charge on any atom is -0.355 e. The molecule has 1 heterocycles. The van der Waals surface area contributed by atoms with Crippen LogP contribution in [0.3, 0.4) is 0 Å². The Morgan fingerprint density at radius 2 is 1.86 bits per heavy atom. The van der Waals surface area contributed by atoms with Crippen molar-refractivity contribution in [1.82, 2.24) is 10.3 Å². The molecule has 0 fully saturated rings. The highest BCUT2D eigenvalue weighted by Gasteiger charge is 2.10. The van der Waals surface area contributed by atoms with Crippen LogP contribution >= 0.6 is 11.6 Å². The predicted octanol–water partition coefficient (Wildman–Crippen LogP) is 2.66. The molecule has 6 heteroatoms. The standard InChI is InChI=1S/C15H14ClN3O2/c1-9-6-11(8-13(16)18-9)15(21)19-12-5-3-4-10(7-12)14(20)17-2/h3-8H,1-2H3,(H,17,20)(H,19,21). The van der Waals surface area contributed by atoms with Gasteiger partial charge in [-0.1, -0.05) is 17.7 Å². The summed E-state index contributed by atoms with van der Waals surface area (Å²) in [5, 5.41) is 5.52. The monoisotopic (exact) mass is 303 g/mol. The molecule has 0 bridgehead atoms. The van der Waals surface area contributed by atoms with Gasteiger partial charge in [0.05, 0.1) is 0 Å². The SMILES string of the molecule is CNC(=O)c1cccc(NC(=O)c2cc(C)nc(Cl)c2)c1. The van der Waals surface area contributed by atoms with Crippen LogP contribution in [-0.4, -0.2) is 23.8 Å². The molecule has 0 aliphatic carbocycles. The minimum absolute atomic E-state index is 0.214. The number of aryl methyl sites for hydroxylation is 1. The fourth-order valence-electron chi connectivity index (χ4n) is 1.84. The first-order chi connectivity index (χ1) is 9.99. The highest BCUT2D eigenvalue weighted by Crippen LogP contribution is 2.15. The first kappa shape index (κ1) is 15.0. The Balaban J connectivity index is 2.21. The van der Waals surface area contributed by atoms with Gasteiger partial charge in [0.2, 0.25) is 0 Å². The van der Waals surface area contributed by atoms with Crippen molar-refractivity contribution in [3.05, 3.63) is 58.4 Å². The number of hydrogen-bond acceptors (Lipinski definition) is 3. The van der Waals surface area contributed by atoms with E-state index in [2.05, 4.69) is 15.6 Å². The lowest BCUT2D eigenvalue weighted by molar-refractivity contribution is 0.0961. The first-order valence-electron chi connectivity index (χ1n) is 6.27. The molecule has 0 saturated carbocycles. The number of nitrogens with zero attached hydrogens (tertiary/aromatic N) is 1. The molecule has 2 aromatic rings. The molecule has 0 aliphatic rings. The molecule has 0 unspecified atom stereocenters. The van der Waals surface area contributed by atoms with Crippen molar-refractivity contribution in [2.75, 3.05) is 12.4 Å². The number of pyridine rings is 1. The molecular formula is C15H14ClN3O2. The molecule has 0 radical (unpaired) electrons. The minimum atomic E-state index is -0.309. The summed E-state index contributed by atoms with van der Waals surface area (Å²) in [5.74, 6) is -0.523. The molecule has 2 N–H and O–H groups in total. The Morgan fingerprint density at radius 1 is 1.10 bits per heavy atom. The van der Waals surface area contributed by atoms with E-state index in [1.54, 1.807) is 44.3 Å². The van der Waals surface area contributed by atoms with Gasteiger partial charge in [0, 0.05) is 29.6 Å². The number of nitrogens with one attached hydrogen (secondary N) is 2.